The average molecular weight is 227 g/mol. The molecule has 6 nitrogen and oxygen atoms in total. The Hall–Kier alpha value is -1.43. The molecule has 0 saturated carbocycles. The number of nitrogens with zero attached hydrogens (tertiary/aromatic N) is 5. The van der Waals surface area contributed by atoms with Crippen molar-refractivity contribution in [1.82, 2.24) is 25.3 Å². The number of tetrazole rings is 1. The predicted molar refractivity (Wildman–Crippen MR) is 57.0 cm³/mol. The second-order valence-corrected chi connectivity index (χ2v) is 3.65. The Kier molecular flexibility index (Phi) is 2.96. The first-order valence-electron chi connectivity index (χ1n) is 4.67. The Morgan fingerprint density at radius 1 is 1.53 bits per heavy atom. The lowest BCUT2D eigenvalue weighted by atomic mass is 10.2. The normalized spacial score (nSPS) is 12.9. The van der Waals surface area contributed by atoms with E-state index in [-0.39, 0.29) is 6.04 Å². The van der Waals surface area contributed by atoms with E-state index in [4.69, 9.17) is 11.6 Å². The lowest BCUT2D eigenvalue weighted by Gasteiger charge is -2.11. The van der Waals surface area contributed by atoms with Crippen LogP contribution in [0.4, 0.5) is 5.82 Å². The van der Waals surface area contributed by atoms with Gasteiger partial charge in [0.25, 0.3) is 0 Å². The van der Waals surface area contributed by atoms with Gasteiger partial charge in [0.1, 0.15) is 5.82 Å². The van der Waals surface area contributed by atoms with Crippen LogP contribution in [0.25, 0.3) is 5.65 Å². The van der Waals surface area contributed by atoms with E-state index >= 15 is 0 Å². The first-order chi connectivity index (χ1) is 7.29. The Morgan fingerprint density at radius 2 is 2.40 bits per heavy atom. The number of nitrogens with one attached hydrogen (secondary N) is 1. The van der Waals surface area contributed by atoms with Crippen molar-refractivity contribution in [3.05, 3.63) is 12.1 Å². The van der Waals surface area contributed by atoms with Gasteiger partial charge in [0.2, 0.25) is 0 Å². The molecule has 1 unspecified atom stereocenters. The molecule has 0 fully saturated rings. The second-order valence-electron chi connectivity index (χ2n) is 3.27. The van der Waals surface area contributed by atoms with E-state index in [1.165, 1.54) is 4.63 Å². The van der Waals surface area contributed by atoms with Gasteiger partial charge in [0.05, 0.1) is 0 Å². The van der Waals surface area contributed by atoms with E-state index in [9.17, 15) is 0 Å². The molecule has 2 rings (SSSR count). The van der Waals surface area contributed by atoms with Crippen molar-refractivity contribution in [2.45, 2.75) is 19.4 Å². The first kappa shape index (κ1) is 10.1. The van der Waals surface area contributed by atoms with Crippen LogP contribution < -0.4 is 5.32 Å². The van der Waals surface area contributed by atoms with E-state index < -0.39 is 0 Å². The number of hydrogen-bond acceptors (Lipinski definition) is 5. The summed E-state index contributed by atoms with van der Waals surface area (Å²) in [5, 5.41) is 18.4. The molecule has 1 N–H and O–H groups in total. The van der Waals surface area contributed by atoms with E-state index in [0.29, 0.717) is 11.5 Å². The fraction of sp³-hybridized carbons (Fsp3) is 0.500. The highest BCUT2D eigenvalue weighted by atomic mass is 35.5. The molecule has 7 heteroatoms. The second kappa shape index (κ2) is 4.39. The van der Waals surface area contributed by atoms with E-state index in [1.54, 1.807) is 0 Å². The maximum atomic E-state index is 5.64. The van der Waals surface area contributed by atoms with Crippen molar-refractivity contribution >= 4 is 23.1 Å². The van der Waals surface area contributed by atoms with E-state index in [2.05, 4.69) is 25.9 Å². The van der Waals surface area contributed by atoms with E-state index in [1.807, 2.05) is 19.1 Å². The van der Waals surface area contributed by atoms with Crippen molar-refractivity contribution in [1.29, 1.82) is 0 Å². The molecule has 2 aromatic heterocycles. The lowest BCUT2D eigenvalue weighted by molar-refractivity contribution is 0.715. The number of alkyl halides is 1. The van der Waals surface area contributed by atoms with Gasteiger partial charge in [-0.2, -0.15) is 0 Å². The molecule has 2 heterocycles. The molecule has 15 heavy (non-hydrogen) atoms. The summed E-state index contributed by atoms with van der Waals surface area (Å²) in [7, 11) is 0. The number of halogens is 1. The minimum absolute atomic E-state index is 0.281. The third kappa shape index (κ3) is 2.33. The average Bonchev–Trinajstić information content (AvgIpc) is 2.65. The Bertz CT molecular complexity index is 441. The maximum absolute atomic E-state index is 5.64. The van der Waals surface area contributed by atoms with Crippen LogP contribution >= 0.6 is 11.6 Å². The molecule has 80 valence electrons. The number of fused-ring (bicyclic) bond motifs is 1. The summed E-state index contributed by atoms with van der Waals surface area (Å²) in [5.41, 5.74) is 0.630. The van der Waals surface area contributed by atoms with Gasteiger partial charge in [-0.1, -0.05) is 0 Å². The molecule has 0 aliphatic rings. The fourth-order valence-corrected chi connectivity index (χ4v) is 1.54. The highest BCUT2D eigenvalue weighted by Gasteiger charge is 2.04. The summed E-state index contributed by atoms with van der Waals surface area (Å²) in [4.78, 5) is 0. The highest BCUT2D eigenvalue weighted by molar-refractivity contribution is 6.17. The molecule has 0 aliphatic heterocycles. The monoisotopic (exact) mass is 226 g/mol. The minimum atomic E-state index is 0.281. The molecule has 1 atom stereocenters. The summed E-state index contributed by atoms with van der Waals surface area (Å²) < 4.78 is 1.38. The van der Waals surface area contributed by atoms with Crippen LogP contribution in [-0.4, -0.2) is 37.2 Å². The van der Waals surface area contributed by atoms with Crippen LogP contribution in [0.3, 0.4) is 0 Å². The molecule has 0 spiro atoms. The predicted octanol–water partition coefficient (Wildman–Crippen LogP) is 0.949. The van der Waals surface area contributed by atoms with Crippen LogP contribution in [0.1, 0.15) is 13.3 Å². The van der Waals surface area contributed by atoms with Gasteiger partial charge >= 0.3 is 0 Å². The van der Waals surface area contributed by atoms with Crippen molar-refractivity contribution in [2.75, 3.05) is 11.2 Å². The highest BCUT2D eigenvalue weighted by Crippen LogP contribution is 2.06. The van der Waals surface area contributed by atoms with Gasteiger partial charge in [-0.25, -0.2) is 0 Å². The first-order valence-corrected chi connectivity index (χ1v) is 5.21. The van der Waals surface area contributed by atoms with Gasteiger partial charge in [-0.05, 0) is 35.9 Å². The largest absolute Gasteiger partial charge is 0.366 e. The van der Waals surface area contributed by atoms with Gasteiger partial charge in [0.15, 0.2) is 5.65 Å². The van der Waals surface area contributed by atoms with Crippen molar-refractivity contribution in [3.63, 3.8) is 0 Å². The molecule has 0 saturated heterocycles. The zero-order valence-electron chi connectivity index (χ0n) is 8.26. The van der Waals surface area contributed by atoms with Crippen molar-refractivity contribution < 1.29 is 0 Å². The summed E-state index contributed by atoms with van der Waals surface area (Å²) in [6.45, 7) is 2.05. The van der Waals surface area contributed by atoms with Gasteiger partial charge in [-0.3, -0.25) is 0 Å². The number of rotatable bonds is 4. The standard InChI is InChI=1S/C8H11ClN6/c1-6(4-5-9)10-7-2-3-8-11-13-14-15(8)12-7/h2-3,6H,4-5H2,1H3,(H,10,12). The Morgan fingerprint density at radius 3 is 3.20 bits per heavy atom. The third-order valence-corrected chi connectivity index (χ3v) is 2.22. The number of anilines is 1. The summed E-state index contributed by atoms with van der Waals surface area (Å²) in [6, 6.07) is 3.93. The van der Waals surface area contributed by atoms with Crippen LogP contribution in [0.5, 0.6) is 0 Å². The Labute approximate surface area is 91.6 Å². The zero-order valence-corrected chi connectivity index (χ0v) is 9.02. The number of aromatic nitrogens is 5. The van der Waals surface area contributed by atoms with E-state index in [0.717, 1.165) is 12.2 Å². The third-order valence-electron chi connectivity index (χ3n) is 2.01. The quantitative estimate of drug-likeness (QED) is 0.787. The van der Waals surface area contributed by atoms with Crippen LogP contribution in [0.15, 0.2) is 12.1 Å². The maximum Gasteiger partial charge on any atom is 0.200 e. The van der Waals surface area contributed by atoms with Gasteiger partial charge < -0.3 is 5.32 Å². The smallest absolute Gasteiger partial charge is 0.200 e. The summed E-state index contributed by atoms with van der Waals surface area (Å²) in [5.74, 6) is 1.37. The molecule has 0 aliphatic carbocycles. The van der Waals surface area contributed by atoms with Crippen molar-refractivity contribution in [3.8, 4) is 0 Å². The molecular formula is C8H11ClN6. The molecule has 0 bridgehead atoms. The molecule has 2 aromatic rings. The molecule has 0 radical (unpaired) electrons. The topological polar surface area (TPSA) is 68.0 Å². The SMILES string of the molecule is CC(CCCl)Nc1ccc2nnnn2n1. The molecule has 0 aromatic carbocycles. The summed E-state index contributed by atoms with van der Waals surface area (Å²) in [6.07, 6.45) is 0.886. The summed E-state index contributed by atoms with van der Waals surface area (Å²) >= 11 is 5.64. The van der Waals surface area contributed by atoms with Crippen LogP contribution in [-0.2, 0) is 0 Å². The lowest BCUT2D eigenvalue weighted by Crippen LogP contribution is -2.17. The van der Waals surface area contributed by atoms with Crippen molar-refractivity contribution in [2.24, 2.45) is 0 Å². The van der Waals surface area contributed by atoms with Gasteiger partial charge in [-0.15, -0.1) is 26.4 Å². The fourth-order valence-electron chi connectivity index (χ4n) is 1.21. The number of hydrogen-bond donors (Lipinski definition) is 1. The molecular weight excluding hydrogens is 216 g/mol. The van der Waals surface area contributed by atoms with Gasteiger partial charge in [0, 0.05) is 11.9 Å². The minimum Gasteiger partial charge on any atom is -0.366 e. The zero-order chi connectivity index (χ0) is 10.7. The van der Waals surface area contributed by atoms with Crippen LogP contribution in [0.2, 0.25) is 0 Å². The van der Waals surface area contributed by atoms with Crippen LogP contribution in [0, 0.1) is 0 Å². The molecule has 0 amide bonds. The Balaban J connectivity index is 2.14.